The predicted molar refractivity (Wildman–Crippen MR) is 147 cm³/mol. The number of benzene rings is 2. The Bertz CT molecular complexity index is 1480. The molecule has 2 aromatic carbocycles. The maximum atomic E-state index is 14.0. The van der Waals surface area contributed by atoms with Crippen molar-refractivity contribution in [1.82, 2.24) is 14.3 Å². The first-order valence-corrected chi connectivity index (χ1v) is 13.7. The summed E-state index contributed by atoms with van der Waals surface area (Å²) in [6, 6.07) is 22.4. The largest absolute Gasteiger partial charge is 0.481 e. The third-order valence-corrected chi connectivity index (χ3v) is 8.28. The molecule has 38 heavy (non-hydrogen) atoms. The minimum atomic E-state index is -3.89. The lowest BCUT2D eigenvalue weighted by atomic mass is 10.1. The second-order valence-corrected chi connectivity index (χ2v) is 11.0. The molecule has 8 heteroatoms. The zero-order valence-electron chi connectivity index (χ0n) is 20.8. The molecule has 4 aromatic rings. The molecule has 0 radical (unpaired) electrons. The number of nitrogens with zero attached hydrogens (tertiary/aromatic N) is 3. The van der Waals surface area contributed by atoms with Crippen LogP contribution >= 0.6 is 0 Å². The van der Waals surface area contributed by atoms with E-state index in [1.807, 2.05) is 60.7 Å². The van der Waals surface area contributed by atoms with Crippen molar-refractivity contribution < 1.29 is 18.3 Å². The van der Waals surface area contributed by atoms with Crippen LogP contribution in [0, 0.1) is 0 Å². The van der Waals surface area contributed by atoms with Gasteiger partial charge in [0, 0.05) is 44.3 Å². The lowest BCUT2D eigenvalue weighted by Crippen LogP contribution is -2.33. The maximum Gasteiger partial charge on any atom is 0.303 e. The van der Waals surface area contributed by atoms with Crippen molar-refractivity contribution in [3.05, 3.63) is 132 Å². The summed E-state index contributed by atoms with van der Waals surface area (Å²) in [5.74, 6) is -0.875. The molecule has 0 fully saturated rings. The summed E-state index contributed by atoms with van der Waals surface area (Å²) in [6.07, 6.45) is 8.44. The van der Waals surface area contributed by atoms with Gasteiger partial charge < -0.3 is 5.11 Å². The molecule has 0 aliphatic carbocycles. The van der Waals surface area contributed by atoms with Crippen LogP contribution in [0.15, 0.2) is 110 Å². The molecule has 2 aromatic heterocycles. The fourth-order valence-electron chi connectivity index (χ4n) is 4.25. The van der Waals surface area contributed by atoms with E-state index in [-0.39, 0.29) is 19.5 Å². The van der Waals surface area contributed by atoms with E-state index in [4.69, 9.17) is 5.11 Å². The summed E-state index contributed by atoms with van der Waals surface area (Å²) in [6.45, 7) is 4.08. The highest BCUT2D eigenvalue weighted by atomic mass is 32.2. The van der Waals surface area contributed by atoms with Gasteiger partial charge in [-0.2, -0.15) is 4.31 Å². The monoisotopic (exact) mass is 527 g/mol. The van der Waals surface area contributed by atoms with Gasteiger partial charge in [-0.15, -0.1) is 6.58 Å². The van der Waals surface area contributed by atoms with Crippen molar-refractivity contribution in [2.24, 2.45) is 0 Å². The number of aryl methyl sites for hydroxylation is 1. The van der Waals surface area contributed by atoms with E-state index >= 15 is 0 Å². The highest BCUT2D eigenvalue weighted by Gasteiger charge is 2.32. The molecule has 1 N–H and O–H groups in total. The maximum absolute atomic E-state index is 14.0. The second kappa shape index (κ2) is 12.4. The summed E-state index contributed by atoms with van der Waals surface area (Å²) in [5, 5.41) is 8.07. The van der Waals surface area contributed by atoms with Gasteiger partial charge in [-0.1, -0.05) is 66.7 Å². The first-order valence-electron chi connectivity index (χ1n) is 12.2. The fourth-order valence-corrected chi connectivity index (χ4v) is 5.95. The third-order valence-electron chi connectivity index (χ3n) is 6.19. The van der Waals surface area contributed by atoms with Crippen molar-refractivity contribution >= 4 is 16.0 Å². The van der Waals surface area contributed by atoms with E-state index in [2.05, 4.69) is 16.5 Å². The molecule has 0 aliphatic rings. The summed E-state index contributed by atoms with van der Waals surface area (Å²) in [4.78, 5) is 19.3. The first kappa shape index (κ1) is 26.9. The molecule has 2 heterocycles. The predicted octanol–water partition coefficient (Wildman–Crippen LogP) is 5.42. The van der Waals surface area contributed by atoms with E-state index in [0.717, 1.165) is 27.8 Å². The minimum absolute atomic E-state index is 0.00823. The Kier molecular flexibility index (Phi) is 8.78. The van der Waals surface area contributed by atoms with Crippen molar-refractivity contribution in [2.45, 2.75) is 31.2 Å². The Labute approximate surface area is 223 Å². The van der Waals surface area contributed by atoms with Crippen LogP contribution in [0.3, 0.4) is 0 Å². The molecular weight excluding hydrogens is 498 g/mol. The van der Waals surface area contributed by atoms with Gasteiger partial charge in [0.25, 0.3) is 0 Å². The zero-order valence-corrected chi connectivity index (χ0v) is 21.7. The molecule has 1 unspecified atom stereocenters. The van der Waals surface area contributed by atoms with Gasteiger partial charge in [-0.25, -0.2) is 8.42 Å². The quantitative estimate of drug-likeness (QED) is 0.247. The number of rotatable bonds is 12. The normalized spacial score (nSPS) is 12.2. The van der Waals surface area contributed by atoms with Crippen LogP contribution in [0.4, 0.5) is 0 Å². The van der Waals surface area contributed by atoms with Crippen molar-refractivity contribution in [3.8, 4) is 11.1 Å². The Balaban J connectivity index is 1.65. The number of pyridine rings is 2. The number of aromatic nitrogens is 2. The number of carboxylic acid groups (broad SMARTS) is 1. The van der Waals surface area contributed by atoms with Gasteiger partial charge in [0.05, 0.1) is 0 Å². The van der Waals surface area contributed by atoms with Gasteiger partial charge in [0.2, 0.25) is 10.0 Å². The highest BCUT2D eigenvalue weighted by molar-refractivity contribution is 7.89. The number of hydrogen-bond donors (Lipinski definition) is 1. The molecule has 0 bridgehead atoms. The molecule has 194 valence electrons. The molecular formula is C30H29N3O4S. The minimum Gasteiger partial charge on any atom is -0.481 e. The Hall–Kier alpha value is -4.14. The van der Waals surface area contributed by atoms with Crippen LogP contribution < -0.4 is 0 Å². The molecule has 0 saturated carbocycles. The summed E-state index contributed by atoms with van der Waals surface area (Å²) >= 11 is 0. The van der Waals surface area contributed by atoms with Gasteiger partial charge in [0.1, 0.15) is 5.25 Å². The number of carbonyl (C=O) groups is 1. The molecule has 0 aliphatic heterocycles. The summed E-state index contributed by atoms with van der Waals surface area (Å²) in [7, 11) is -3.89. The number of sulfonamides is 1. The van der Waals surface area contributed by atoms with Gasteiger partial charge in [-0.05, 0) is 51.9 Å². The van der Waals surface area contributed by atoms with E-state index in [1.54, 1.807) is 30.7 Å². The van der Waals surface area contributed by atoms with Crippen LogP contribution in [-0.2, 0) is 34.3 Å². The van der Waals surface area contributed by atoms with Crippen LogP contribution in [0.1, 0.15) is 33.9 Å². The van der Waals surface area contributed by atoms with Gasteiger partial charge in [-0.3, -0.25) is 14.8 Å². The van der Waals surface area contributed by atoms with Crippen LogP contribution in [-0.4, -0.2) is 33.8 Å². The Morgan fingerprint density at radius 2 is 1.55 bits per heavy atom. The Morgan fingerprint density at radius 1 is 0.868 bits per heavy atom. The molecule has 0 amide bonds. The molecule has 0 saturated heterocycles. The molecule has 1 atom stereocenters. The van der Waals surface area contributed by atoms with Crippen molar-refractivity contribution in [2.75, 3.05) is 0 Å². The fraction of sp³-hybridized carbons (Fsp3) is 0.167. The smallest absolute Gasteiger partial charge is 0.303 e. The standard InChI is InChI=1S/C30H29N3O4S/c1-2-29(28-9-5-17-32-20-28)38(36,37)33(22-25-7-3-6-23(18-25)12-15-30(34)35)21-24-10-13-26(14-11-24)27-8-4-16-31-19-27/h2-11,13-14,16-20,29H,1,12,15,21-22H2,(H,34,35). The van der Waals surface area contributed by atoms with Gasteiger partial charge in [0.15, 0.2) is 0 Å². The first-order chi connectivity index (χ1) is 18.4. The van der Waals surface area contributed by atoms with Gasteiger partial charge >= 0.3 is 5.97 Å². The molecule has 7 nitrogen and oxygen atoms in total. The summed E-state index contributed by atoms with van der Waals surface area (Å²) < 4.78 is 29.4. The summed E-state index contributed by atoms with van der Waals surface area (Å²) in [5.41, 5.74) is 4.95. The van der Waals surface area contributed by atoms with E-state index in [1.165, 1.54) is 16.6 Å². The van der Waals surface area contributed by atoms with Crippen LogP contribution in [0.5, 0.6) is 0 Å². The molecule has 4 rings (SSSR count). The topological polar surface area (TPSA) is 100 Å². The van der Waals surface area contributed by atoms with Crippen LogP contribution in [0.25, 0.3) is 11.1 Å². The van der Waals surface area contributed by atoms with E-state index < -0.39 is 21.2 Å². The zero-order chi connectivity index (χ0) is 27.0. The van der Waals surface area contributed by atoms with E-state index in [9.17, 15) is 13.2 Å². The number of hydrogen-bond acceptors (Lipinski definition) is 5. The lowest BCUT2D eigenvalue weighted by molar-refractivity contribution is -0.136. The van der Waals surface area contributed by atoms with Crippen molar-refractivity contribution in [1.29, 1.82) is 0 Å². The number of carboxylic acids is 1. The average Bonchev–Trinajstić information content (AvgIpc) is 2.93. The van der Waals surface area contributed by atoms with Crippen molar-refractivity contribution in [3.63, 3.8) is 0 Å². The van der Waals surface area contributed by atoms with E-state index in [0.29, 0.717) is 12.0 Å². The number of aliphatic carboxylic acids is 1. The third kappa shape index (κ3) is 6.79. The second-order valence-electron chi connectivity index (χ2n) is 8.91. The van der Waals surface area contributed by atoms with Crippen LogP contribution in [0.2, 0.25) is 0 Å². The lowest BCUT2D eigenvalue weighted by Gasteiger charge is -2.27. The SMILES string of the molecule is C=CC(c1cccnc1)S(=O)(=O)N(Cc1ccc(-c2cccnc2)cc1)Cc1cccc(CCC(=O)O)c1. The Morgan fingerprint density at radius 3 is 2.18 bits per heavy atom. The highest BCUT2D eigenvalue weighted by Crippen LogP contribution is 2.29. The molecule has 0 spiro atoms. The average molecular weight is 528 g/mol.